The van der Waals surface area contributed by atoms with Crippen LogP contribution in [0.1, 0.15) is 36.3 Å². The molecule has 2 unspecified atom stereocenters. The van der Waals surface area contributed by atoms with Crippen LogP contribution in [-0.4, -0.2) is 19.7 Å². The van der Waals surface area contributed by atoms with Crippen LogP contribution in [0.2, 0.25) is 0 Å². The van der Waals surface area contributed by atoms with E-state index in [9.17, 15) is 0 Å². The lowest BCUT2D eigenvalue weighted by Gasteiger charge is -2.06. The first-order chi connectivity index (χ1) is 8.81. The number of nitrogens with one attached hydrogen (secondary N) is 1. The first-order valence-corrected chi connectivity index (χ1v) is 6.63. The molecule has 0 aliphatic heterocycles. The quantitative estimate of drug-likeness (QED) is 0.862. The molecule has 0 radical (unpaired) electrons. The molecule has 0 heterocycles. The summed E-state index contributed by atoms with van der Waals surface area (Å²) in [5.74, 6) is 2.06. The van der Waals surface area contributed by atoms with Crippen LogP contribution in [0.15, 0.2) is 18.2 Å². The summed E-state index contributed by atoms with van der Waals surface area (Å²) in [5, 5.41) is 12.7. The molecule has 18 heavy (non-hydrogen) atoms. The van der Waals surface area contributed by atoms with E-state index in [-0.39, 0.29) is 0 Å². The molecular weight excluding hydrogens is 224 g/mol. The predicted molar refractivity (Wildman–Crippen MR) is 69.6 cm³/mol. The number of hydrogen-bond acceptors (Lipinski definition) is 3. The average Bonchev–Trinajstić information content (AvgIpc) is 3.28. The van der Waals surface area contributed by atoms with Gasteiger partial charge in [0.2, 0.25) is 0 Å². The lowest BCUT2D eigenvalue weighted by Crippen LogP contribution is -2.19. The van der Waals surface area contributed by atoms with Gasteiger partial charge in [-0.1, -0.05) is 6.07 Å². The van der Waals surface area contributed by atoms with Gasteiger partial charge in [0, 0.05) is 6.04 Å². The summed E-state index contributed by atoms with van der Waals surface area (Å²) >= 11 is 0. The molecule has 2 saturated carbocycles. The van der Waals surface area contributed by atoms with Crippen LogP contribution < -0.4 is 10.1 Å². The Labute approximate surface area is 108 Å². The maximum Gasteiger partial charge on any atom is 0.136 e. The minimum absolute atomic E-state index is 0.634. The monoisotopic (exact) mass is 242 g/mol. The van der Waals surface area contributed by atoms with Crippen molar-refractivity contribution >= 4 is 0 Å². The van der Waals surface area contributed by atoms with Crippen LogP contribution in [0.3, 0.4) is 0 Å². The summed E-state index contributed by atoms with van der Waals surface area (Å²) in [7, 11) is 1.61. The fourth-order valence-electron chi connectivity index (χ4n) is 2.53. The summed E-state index contributed by atoms with van der Waals surface area (Å²) < 4.78 is 5.17. The van der Waals surface area contributed by atoms with Crippen LogP contribution in [0.25, 0.3) is 0 Å². The Morgan fingerprint density at radius 3 is 2.94 bits per heavy atom. The number of nitrogens with zero attached hydrogens (tertiary/aromatic N) is 1. The van der Waals surface area contributed by atoms with E-state index in [0.717, 1.165) is 18.5 Å². The molecule has 1 N–H and O–H groups in total. The van der Waals surface area contributed by atoms with E-state index in [1.54, 1.807) is 7.11 Å². The van der Waals surface area contributed by atoms with E-state index in [1.165, 1.54) is 24.8 Å². The summed E-state index contributed by atoms with van der Waals surface area (Å²) in [6, 6.07) is 8.99. The molecule has 3 heteroatoms. The summed E-state index contributed by atoms with van der Waals surface area (Å²) in [5.41, 5.74) is 1.94. The Hall–Kier alpha value is -1.53. The third-order valence-corrected chi connectivity index (χ3v) is 3.94. The number of ether oxygens (including phenoxy) is 1. The van der Waals surface area contributed by atoms with Crippen LogP contribution >= 0.6 is 0 Å². The topological polar surface area (TPSA) is 45.0 Å². The molecule has 2 atom stereocenters. The summed E-state index contributed by atoms with van der Waals surface area (Å²) in [6.07, 6.45) is 3.94. The highest BCUT2D eigenvalue weighted by molar-refractivity contribution is 5.47. The Morgan fingerprint density at radius 1 is 1.44 bits per heavy atom. The molecule has 2 aliphatic carbocycles. The largest absolute Gasteiger partial charge is 0.495 e. The van der Waals surface area contributed by atoms with Crippen molar-refractivity contribution in [3.05, 3.63) is 29.3 Å². The van der Waals surface area contributed by atoms with Gasteiger partial charge in [-0.05, 0) is 55.3 Å². The molecule has 0 saturated heterocycles. The maximum atomic E-state index is 9.08. The van der Waals surface area contributed by atoms with Gasteiger partial charge in [-0.15, -0.1) is 0 Å². The van der Waals surface area contributed by atoms with E-state index in [0.29, 0.717) is 17.2 Å². The number of benzene rings is 1. The second kappa shape index (κ2) is 4.62. The molecule has 0 spiro atoms. The van der Waals surface area contributed by atoms with E-state index < -0.39 is 0 Å². The summed E-state index contributed by atoms with van der Waals surface area (Å²) in [6.45, 7) is 1.13. The van der Waals surface area contributed by atoms with Crippen molar-refractivity contribution in [2.45, 2.75) is 31.2 Å². The van der Waals surface area contributed by atoms with E-state index in [1.807, 2.05) is 12.1 Å². The molecule has 94 valence electrons. The zero-order valence-electron chi connectivity index (χ0n) is 10.6. The Bertz CT molecular complexity index is 488. The Morgan fingerprint density at radius 2 is 2.28 bits per heavy atom. The van der Waals surface area contributed by atoms with Crippen molar-refractivity contribution in [1.29, 1.82) is 5.26 Å². The first-order valence-electron chi connectivity index (χ1n) is 6.63. The highest BCUT2D eigenvalue weighted by Crippen LogP contribution is 2.48. The third kappa shape index (κ3) is 2.34. The van der Waals surface area contributed by atoms with Crippen LogP contribution in [-0.2, 0) is 0 Å². The molecule has 0 bridgehead atoms. The van der Waals surface area contributed by atoms with Crippen molar-refractivity contribution in [3.63, 3.8) is 0 Å². The molecule has 1 aromatic carbocycles. The highest BCUT2D eigenvalue weighted by atomic mass is 16.5. The molecule has 0 aromatic heterocycles. The minimum atomic E-state index is 0.634. The third-order valence-electron chi connectivity index (χ3n) is 3.94. The molecule has 2 aliphatic rings. The van der Waals surface area contributed by atoms with Gasteiger partial charge in [0.25, 0.3) is 0 Å². The zero-order chi connectivity index (χ0) is 12.5. The van der Waals surface area contributed by atoms with Gasteiger partial charge in [0.15, 0.2) is 0 Å². The predicted octanol–water partition coefficient (Wildman–Crippen LogP) is 2.42. The second-order valence-electron chi connectivity index (χ2n) is 5.36. The second-order valence-corrected chi connectivity index (χ2v) is 5.36. The number of hydrogen-bond donors (Lipinski definition) is 1. The Kier molecular flexibility index (Phi) is 2.97. The van der Waals surface area contributed by atoms with Crippen molar-refractivity contribution in [3.8, 4) is 11.8 Å². The Balaban J connectivity index is 1.64. The van der Waals surface area contributed by atoms with Gasteiger partial charge >= 0.3 is 0 Å². The molecule has 0 amide bonds. The molecule has 3 rings (SSSR count). The SMILES string of the molecule is COc1ccc(C2CC2CNC2CC2)cc1C#N. The highest BCUT2D eigenvalue weighted by Gasteiger charge is 2.39. The zero-order valence-corrected chi connectivity index (χ0v) is 10.6. The average molecular weight is 242 g/mol. The van der Waals surface area contributed by atoms with Crippen LogP contribution in [0.4, 0.5) is 0 Å². The van der Waals surface area contributed by atoms with Crippen molar-refractivity contribution < 1.29 is 4.74 Å². The van der Waals surface area contributed by atoms with Crippen LogP contribution in [0.5, 0.6) is 5.75 Å². The van der Waals surface area contributed by atoms with Gasteiger partial charge < -0.3 is 10.1 Å². The van der Waals surface area contributed by atoms with E-state index in [2.05, 4.69) is 17.5 Å². The number of rotatable bonds is 5. The molecule has 3 nitrogen and oxygen atoms in total. The minimum Gasteiger partial charge on any atom is -0.495 e. The van der Waals surface area contributed by atoms with Crippen molar-refractivity contribution in [2.75, 3.05) is 13.7 Å². The van der Waals surface area contributed by atoms with E-state index >= 15 is 0 Å². The number of methoxy groups -OCH3 is 1. The first kappa shape index (κ1) is 11.6. The van der Waals surface area contributed by atoms with Gasteiger partial charge in [-0.3, -0.25) is 0 Å². The standard InChI is InChI=1S/C15H18N2O/c1-18-15-5-2-10(6-11(15)8-16)14-7-12(14)9-17-13-3-4-13/h2,5-6,12-14,17H,3-4,7,9H2,1H3. The van der Waals surface area contributed by atoms with E-state index in [4.69, 9.17) is 10.00 Å². The van der Waals surface area contributed by atoms with Gasteiger partial charge in [-0.2, -0.15) is 5.26 Å². The molecule has 2 fully saturated rings. The maximum absolute atomic E-state index is 9.08. The summed E-state index contributed by atoms with van der Waals surface area (Å²) in [4.78, 5) is 0. The lowest BCUT2D eigenvalue weighted by atomic mass is 10.1. The van der Waals surface area contributed by atoms with Gasteiger partial charge in [0.1, 0.15) is 11.8 Å². The van der Waals surface area contributed by atoms with Crippen molar-refractivity contribution in [1.82, 2.24) is 5.32 Å². The van der Waals surface area contributed by atoms with Crippen LogP contribution in [0, 0.1) is 17.2 Å². The van der Waals surface area contributed by atoms with Gasteiger partial charge in [0.05, 0.1) is 12.7 Å². The normalized spacial score (nSPS) is 25.6. The molecule has 1 aromatic rings. The van der Waals surface area contributed by atoms with Crippen molar-refractivity contribution in [2.24, 2.45) is 5.92 Å². The smallest absolute Gasteiger partial charge is 0.136 e. The fraction of sp³-hybridized carbons (Fsp3) is 0.533. The number of nitriles is 1. The molecular formula is C15H18N2O. The van der Waals surface area contributed by atoms with Gasteiger partial charge in [-0.25, -0.2) is 0 Å². The lowest BCUT2D eigenvalue weighted by molar-refractivity contribution is 0.413. The fourth-order valence-corrected chi connectivity index (χ4v) is 2.53.